The van der Waals surface area contributed by atoms with Crippen LogP contribution in [-0.2, 0) is 10.1 Å². The summed E-state index contributed by atoms with van der Waals surface area (Å²) in [4.78, 5) is 24.6. The van der Waals surface area contributed by atoms with Crippen LogP contribution in [-0.4, -0.2) is 25.0 Å². The highest BCUT2D eigenvalue weighted by Gasteiger charge is 2.19. The number of aromatic nitrogens is 1. The molecule has 0 fully saturated rings. The third kappa shape index (κ3) is 3.14. The Morgan fingerprint density at radius 1 is 1.36 bits per heavy atom. The molecule has 0 radical (unpaired) electrons. The van der Waals surface area contributed by atoms with Crippen LogP contribution >= 0.6 is 15.9 Å². The maximum Gasteiger partial charge on any atom is 0.343 e. The summed E-state index contributed by atoms with van der Waals surface area (Å²) in [7, 11) is 1.80. The van der Waals surface area contributed by atoms with Crippen LogP contribution < -0.4 is 11.0 Å². The molecular weight excluding hydrogens is 352 g/mol. The first-order valence-corrected chi connectivity index (χ1v) is 7.86. The van der Waals surface area contributed by atoms with Crippen molar-refractivity contribution in [1.29, 1.82) is 0 Å². The average Bonchev–Trinajstić information content (AvgIpc) is 2.50. The van der Waals surface area contributed by atoms with Crippen molar-refractivity contribution in [1.82, 2.24) is 4.57 Å². The minimum absolute atomic E-state index is 0.0339. The van der Waals surface area contributed by atoms with Gasteiger partial charge in [0.1, 0.15) is 19.2 Å². The Balaban J connectivity index is 2.72. The van der Waals surface area contributed by atoms with E-state index in [-0.39, 0.29) is 12.2 Å². The fraction of sp³-hybridized carbons (Fsp3) is 0.200. The number of hydrogen-bond donors (Lipinski definition) is 0. The SMILES string of the molecule is Bc1cc(C(=O)OCC)c(=O)n(-c2ccc(F)cc2)c1CBr. The highest BCUT2D eigenvalue weighted by molar-refractivity contribution is 9.08. The van der Waals surface area contributed by atoms with Crippen LogP contribution in [0.4, 0.5) is 4.39 Å². The third-order valence-corrected chi connectivity index (χ3v) is 3.76. The lowest BCUT2D eigenvalue weighted by molar-refractivity contribution is 0.0524. The number of carbonyl (C=O) groups is 1. The Morgan fingerprint density at radius 3 is 2.55 bits per heavy atom. The fourth-order valence-corrected chi connectivity index (χ4v) is 2.86. The lowest BCUT2D eigenvalue weighted by Gasteiger charge is -2.16. The van der Waals surface area contributed by atoms with Gasteiger partial charge in [0.25, 0.3) is 5.56 Å². The van der Waals surface area contributed by atoms with E-state index in [2.05, 4.69) is 15.9 Å². The van der Waals surface area contributed by atoms with Gasteiger partial charge in [0.05, 0.1) is 6.61 Å². The highest BCUT2D eigenvalue weighted by atomic mass is 79.9. The number of carbonyl (C=O) groups excluding carboxylic acids is 1. The Labute approximate surface area is 136 Å². The van der Waals surface area contributed by atoms with Gasteiger partial charge < -0.3 is 4.74 Å². The summed E-state index contributed by atoms with van der Waals surface area (Å²) in [5.74, 6) is -1.05. The second-order valence-corrected chi connectivity index (χ2v) is 5.22. The summed E-state index contributed by atoms with van der Waals surface area (Å²) in [5, 5.41) is 0.425. The van der Waals surface area contributed by atoms with E-state index < -0.39 is 17.3 Å². The number of alkyl halides is 1. The van der Waals surface area contributed by atoms with E-state index in [1.807, 2.05) is 0 Å². The van der Waals surface area contributed by atoms with Crippen molar-refractivity contribution in [3.8, 4) is 5.69 Å². The molecule has 2 rings (SSSR count). The van der Waals surface area contributed by atoms with E-state index >= 15 is 0 Å². The van der Waals surface area contributed by atoms with E-state index in [0.717, 1.165) is 5.46 Å². The van der Waals surface area contributed by atoms with Crippen molar-refractivity contribution >= 4 is 35.2 Å². The predicted molar refractivity (Wildman–Crippen MR) is 88.8 cm³/mol. The molecule has 0 atom stereocenters. The molecule has 0 aliphatic carbocycles. The van der Waals surface area contributed by atoms with Crippen molar-refractivity contribution in [3.05, 3.63) is 57.8 Å². The smallest absolute Gasteiger partial charge is 0.343 e. The zero-order valence-corrected chi connectivity index (χ0v) is 13.8. The molecule has 0 N–H and O–H groups in total. The molecular formula is C15H14BBrFNO3. The number of halogens is 2. The molecule has 4 nitrogen and oxygen atoms in total. The maximum absolute atomic E-state index is 13.1. The summed E-state index contributed by atoms with van der Waals surface area (Å²) >= 11 is 3.35. The largest absolute Gasteiger partial charge is 0.462 e. The number of ether oxygens (including phenoxy) is 1. The maximum atomic E-state index is 13.1. The lowest BCUT2D eigenvalue weighted by atomic mass is 9.92. The van der Waals surface area contributed by atoms with E-state index in [9.17, 15) is 14.0 Å². The first kappa shape index (κ1) is 16.5. The molecule has 0 bridgehead atoms. The van der Waals surface area contributed by atoms with Crippen LogP contribution in [0, 0.1) is 5.82 Å². The summed E-state index contributed by atoms with van der Waals surface area (Å²) in [6.45, 7) is 1.87. The number of benzene rings is 1. The normalized spacial score (nSPS) is 10.5. The van der Waals surface area contributed by atoms with Gasteiger partial charge in [-0.3, -0.25) is 9.36 Å². The lowest BCUT2D eigenvalue weighted by Crippen LogP contribution is -2.34. The average molecular weight is 366 g/mol. The molecule has 114 valence electrons. The number of hydrogen-bond acceptors (Lipinski definition) is 3. The summed E-state index contributed by atoms with van der Waals surface area (Å²) in [6.07, 6.45) is 0. The van der Waals surface area contributed by atoms with Crippen molar-refractivity contribution in [2.75, 3.05) is 6.61 Å². The van der Waals surface area contributed by atoms with Gasteiger partial charge in [-0.05, 0) is 37.3 Å². The monoisotopic (exact) mass is 365 g/mol. The number of pyridine rings is 1. The molecule has 1 aromatic carbocycles. The molecule has 1 heterocycles. The van der Waals surface area contributed by atoms with Crippen LogP contribution in [0.2, 0.25) is 0 Å². The molecule has 1 aromatic heterocycles. The van der Waals surface area contributed by atoms with Crippen molar-refractivity contribution < 1.29 is 13.9 Å². The van der Waals surface area contributed by atoms with E-state index in [0.29, 0.717) is 16.7 Å². The topological polar surface area (TPSA) is 48.3 Å². The molecule has 0 unspecified atom stereocenters. The minimum atomic E-state index is -0.660. The van der Waals surface area contributed by atoms with Gasteiger partial charge in [-0.2, -0.15) is 0 Å². The first-order chi connectivity index (χ1) is 10.5. The molecule has 7 heteroatoms. The second-order valence-electron chi connectivity index (χ2n) is 4.66. The van der Waals surface area contributed by atoms with Crippen molar-refractivity contribution in [2.45, 2.75) is 12.3 Å². The van der Waals surface area contributed by atoms with Gasteiger partial charge in [0.15, 0.2) is 0 Å². The van der Waals surface area contributed by atoms with Crippen LogP contribution in [0.15, 0.2) is 35.1 Å². The van der Waals surface area contributed by atoms with E-state index in [1.54, 1.807) is 14.8 Å². The second kappa shape index (κ2) is 6.92. The van der Waals surface area contributed by atoms with Gasteiger partial charge in [-0.1, -0.05) is 21.4 Å². The predicted octanol–water partition coefficient (Wildman–Crippen LogP) is 1.31. The zero-order valence-electron chi connectivity index (χ0n) is 12.2. The minimum Gasteiger partial charge on any atom is -0.462 e. The molecule has 2 aromatic rings. The summed E-state index contributed by atoms with van der Waals surface area (Å²) in [6, 6.07) is 7.06. The van der Waals surface area contributed by atoms with Crippen molar-refractivity contribution in [2.24, 2.45) is 0 Å². The molecule has 0 saturated heterocycles. The van der Waals surface area contributed by atoms with Gasteiger partial charge in [0, 0.05) is 16.7 Å². The first-order valence-electron chi connectivity index (χ1n) is 6.74. The summed E-state index contributed by atoms with van der Waals surface area (Å²) in [5.41, 5.74) is 1.45. The van der Waals surface area contributed by atoms with Crippen LogP contribution in [0.1, 0.15) is 23.0 Å². The third-order valence-electron chi connectivity index (χ3n) is 3.23. The molecule has 0 spiro atoms. The van der Waals surface area contributed by atoms with Gasteiger partial charge in [-0.15, -0.1) is 0 Å². The highest BCUT2D eigenvalue weighted by Crippen LogP contribution is 2.12. The Morgan fingerprint density at radius 2 is 2.00 bits per heavy atom. The number of nitrogens with zero attached hydrogens (tertiary/aromatic N) is 1. The van der Waals surface area contributed by atoms with Crippen LogP contribution in [0.3, 0.4) is 0 Å². The van der Waals surface area contributed by atoms with Crippen molar-refractivity contribution in [3.63, 3.8) is 0 Å². The number of esters is 1. The zero-order chi connectivity index (χ0) is 16.3. The molecule has 0 aliphatic heterocycles. The Kier molecular flexibility index (Phi) is 5.18. The fourth-order valence-electron chi connectivity index (χ4n) is 2.16. The van der Waals surface area contributed by atoms with E-state index in [1.165, 1.54) is 34.9 Å². The molecule has 22 heavy (non-hydrogen) atoms. The van der Waals surface area contributed by atoms with Gasteiger partial charge in [-0.25, -0.2) is 9.18 Å². The van der Waals surface area contributed by atoms with E-state index in [4.69, 9.17) is 4.74 Å². The number of rotatable bonds is 4. The molecule has 0 amide bonds. The van der Waals surface area contributed by atoms with Gasteiger partial charge >= 0.3 is 5.97 Å². The van der Waals surface area contributed by atoms with Gasteiger partial charge in [0.2, 0.25) is 0 Å². The molecule has 0 saturated carbocycles. The Hall–Kier alpha value is -1.89. The quantitative estimate of drug-likeness (QED) is 0.466. The van der Waals surface area contributed by atoms with Crippen LogP contribution in [0.25, 0.3) is 5.69 Å². The molecule has 0 aliphatic rings. The Bertz CT molecular complexity index is 759. The summed E-state index contributed by atoms with van der Waals surface area (Å²) < 4.78 is 19.4. The standard InChI is InChI=1S/C15H14BBrFNO3/c1-2-22-15(21)11-7-12(16)13(8-17)19(14(11)20)10-5-3-9(18)4-6-10/h3-7H,2,8,16H2,1H3. The van der Waals surface area contributed by atoms with Crippen LogP contribution in [0.5, 0.6) is 0 Å².